The smallest absolute Gasteiger partial charge is 0.283 e. The van der Waals surface area contributed by atoms with Gasteiger partial charge in [-0.3, -0.25) is 14.7 Å². The van der Waals surface area contributed by atoms with Crippen molar-refractivity contribution in [3.63, 3.8) is 0 Å². The van der Waals surface area contributed by atoms with E-state index in [1.54, 1.807) is 30.3 Å². The van der Waals surface area contributed by atoms with Crippen LogP contribution in [-0.2, 0) is 4.79 Å². The number of aliphatic imine (C=N–C) groups is 1. The Morgan fingerprint density at radius 2 is 1.90 bits per heavy atom. The molecule has 4 nitrogen and oxygen atoms in total. The first-order valence-electron chi connectivity index (χ1n) is 6.06. The second kappa shape index (κ2) is 5.07. The van der Waals surface area contributed by atoms with Crippen LogP contribution >= 0.6 is 11.6 Å². The summed E-state index contributed by atoms with van der Waals surface area (Å²) in [6.07, 6.45) is 0.0496. The average Bonchev–Trinajstić information content (AvgIpc) is 2.58. The predicted molar refractivity (Wildman–Crippen MR) is 78.6 cm³/mol. The first-order chi connectivity index (χ1) is 9.66. The van der Waals surface area contributed by atoms with Crippen LogP contribution in [0.1, 0.15) is 5.56 Å². The standard InChI is InChI=1S/C15H11ClN2O2/c16-11-6-7-13-10(8-11)9-17-14(19)15(20)18(13)12-4-2-1-3-5-12/h1-9,14,19H/t14-/m0/s1. The van der Waals surface area contributed by atoms with Crippen molar-refractivity contribution < 1.29 is 9.90 Å². The van der Waals surface area contributed by atoms with Crippen molar-refractivity contribution in [3.05, 3.63) is 59.1 Å². The lowest BCUT2D eigenvalue weighted by Crippen LogP contribution is -2.34. The molecule has 0 bridgehead atoms. The number of hydrogen-bond acceptors (Lipinski definition) is 3. The Morgan fingerprint density at radius 3 is 2.65 bits per heavy atom. The van der Waals surface area contributed by atoms with Crippen LogP contribution < -0.4 is 4.90 Å². The fourth-order valence-corrected chi connectivity index (χ4v) is 2.31. The van der Waals surface area contributed by atoms with E-state index in [2.05, 4.69) is 4.99 Å². The molecule has 0 aliphatic carbocycles. The lowest BCUT2D eigenvalue weighted by Gasteiger charge is -2.23. The van der Waals surface area contributed by atoms with Crippen molar-refractivity contribution in [2.75, 3.05) is 4.90 Å². The summed E-state index contributed by atoms with van der Waals surface area (Å²) in [5, 5.41) is 10.4. The topological polar surface area (TPSA) is 52.9 Å². The van der Waals surface area contributed by atoms with Gasteiger partial charge >= 0.3 is 0 Å². The number of carbonyl (C=O) groups excluding carboxylic acids is 1. The molecule has 3 rings (SSSR count). The van der Waals surface area contributed by atoms with Gasteiger partial charge in [0.05, 0.1) is 5.69 Å². The molecule has 0 fully saturated rings. The number of aliphatic hydroxyl groups is 1. The Morgan fingerprint density at radius 1 is 1.15 bits per heavy atom. The van der Waals surface area contributed by atoms with Crippen molar-refractivity contribution in [3.8, 4) is 0 Å². The third-order valence-corrected chi connectivity index (χ3v) is 3.28. The summed E-state index contributed by atoms with van der Waals surface area (Å²) >= 11 is 5.97. The number of benzene rings is 2. The summed E-state index contributed by atoms with van der Waals surface area (Å²) in [6.45, 7) is 0. The van der Waals surface area contributed by atoms with Gasteiger partial charge in [-0.1, -0.05) is 29.8 Å². The Bertz CT molecular complexity index is 686. The van der Waals surface area contributed by atoms with E-state index >= 15 is 0 Å². The molecule has 0 spiro atoms. The normalized spacial score (nSPS) is 17.8. The van der Waals surface area contributed by atoms with Gasteiger partial charge in [-0.2, -0.15) is 0 Å². The van der Waals surface area contributed by atoms with Crippen molar-refractivity contribution in [2.24, 2.45) is 4.99 Å². The lowest BCUT2D eigenvalue weighted by molar-refractivity contribution is -0.125. The van der Waals surface area contributed by atoms with Gasteiger partial charge in [0.2, 0.25) is 6.23 Å². The number of nitrogens with zero attached hydrogens (tertiary/aromatic N) is 2. The highest BCUT2D eigenvalue weighted by molar-refractivity contribution is 6.31. The molecule has 0 saturated heterocycles. The maximum atomic E-state index is 12.3. The molecule has 0 unspecified atom stereocenters. The molecule has 2 aromatic rings. The molecule has 1 aliphatic rings. The Kier molecular flexibility index (Phi) is 3.26. The highest BCUT2D eigenvalue weighted by Crippen LogP contribution is 2.32. The molecule has 0 aromatic heterocycles. The van der Waals surface area contributed by atoms with Crippen LogP contribution in [-0.4, -0.2) is 23.5 Å². The monoisotopic (exact) mass is 286 g/mol. The number of carbonyl (C=O) groups is 1. The maximum absolute atomic E-state index is 12.3. The van der Waals surface area contributed by atoms with Crippen LogP contribution in [0, 0.1) is 0 Å². The van der Waals surface area contributed by atoms with Crippen molar-refractivity contribution in [2.45, 2.75) is 6.23 Å². The molecule has 100 valence electrons. The third kappa shape index (κ3) is 2.19. The molecular weight excluding hydrogens is 276 g/mol. The molecular formula is C15H11ClN2O2. The minimum Gasteiger partial charge on any atom is -0.364 e. The number of benzodiazepines with no additional fused rings is 1. The molecule has 0 saturated carbocycles. The van der Waals surface area contributed by atoms with Crippen LogP contribution in [0.15, 0.2) is 53.5 Å². The first kappa shape index (κ1) is 12.8. The minimum absolute atomic E-state index is 0.492. The number of rotatable bonds is 1. The van der Waals surface area contributed by atoms with Crippen LogP contribution in [0.4, 0.5) is 11.4 Å². The average molecular weight is 287 g/mol. The van der Waals surface area contributed by atoms with Gasteiger partial charge < -0.3 is 5.11 Å². The zero-order valence-electron chi connectivity index (χ0n) is 10.4. The third-order valence-electron chi connectivity index (χ3n) is 3.04. The van der Waals surface area contributed by atoms with Crippen LogP contribution in [0.2, 0.25) is 5.02 Å². The largest absolute Gasteiger partial charge is 0.364 e. The number of fused-ring (bicyclic) bond motifs is 1. The molecule has 0 radical (unpaired) electrons. The van der Waals surface area contributed by atoms with Gasteiger partial charge in [-0.15, -0.1) is 0 Å². The second-order valence-corrected chi connectivity index (χ2v) is 4.80. The molecule has 1 N–H and O–H groups in total. The number of halogens is 1. The zero-order chi connectivity index (χ0) is 14.1. The summed E-state index contributed by atoms with van der Waals surface area (Å²) in [7, 11) is 0. The number of amides is 1. The highest BCUT2D eigenvalue weighted by atomic mass is 35.5. The highest BCUT2D eigenvalue weighted by Gasteiger charge is 2.28. The number of para-hydroxylation sites is 1. The van der Waals surface area contributed by atoms with Crippen LogP contribution in [0.25, 0.3) is 0 Å². The molecule has 1 heterocycles. The quantitative estimate of drug-likeness (QED) is 0.876. The fraction of sp³-hybridized carbons (Fsp3) is 0.0667. The van der Waals surface area contributed by atoms with Crippen molar-refractivity contribution >= 4 is 35.1 Å². The Hall–Kier alpha value is -2.17. The van der Waals surface area contributed by atoms with E-state index in [0.29, 0.717) is 22.0 Å². The van der Waals surface area contributed by atoms with E-state index in [-0.39, 0.29) is 0 Å². The van der Waals surface area contributed by atoms with E-state index in [1.165, 1.54) is 11.1 Å². The number of aliphatic hydroxyl groups excluding tert-OH is 1. The van der Waals surface area contributed by atoms with E-state index in [4.69, 9.17) is 11.6 Å². The molecule has 20 heavy (non-hydrogen) atoms. The van der Waals surface area contributed by atoms with Gasteiger partial charge in [0.25, 0.3) is 5.91 Å². The molecule has 1 aliphatic heterocycles. The minimum atomic E-state index is -1.42. The van der Waals surface area contributed by atoms with Gasteiger partial charge in [-0.25, -0.2) is 0 Å². The summed E-state index contributed by atoms with van der Waals surface area (Å²) in [6, 6.07) is 14.3. The Balaban J connectivity index is 2.20. The summed E-state index contributed by atoms with van der Waals surface area (Å²) < 4.78 is 0. The lowest BCUT2D eigenvalue weighted by atomic mass is 10.1. The predicted octanol–water partition coefficient (Wildman–Crippen LogP) is 2.76. The van der Waals surface area contributed by atoms with Gasteiger partial charge in [-0.05, 0) is 30.3 Å². The Labute approximate surface area is 120 Å². The van der Waals surface area contributed by atoms with E-state index < -0.39 is 12.1 Å². The molecule has 2 aromatic carbocycles. The molecule has 1 atom stereocenters. The van der Waals surface area contributed by atoms with E-state index in [0.717, 1.165) is 0 Å². The summed E-state index contributed by atoms with van der Waals surface area (Å²) in [5.41, 5.74) is 2.00. The number of anilines is 2. The fourth-order valence-electron chi connectivity index (χ4n) is 2.12. The van der Waals surface area contributed by atoms with Gasteiger partial charge in [0.15, 0.2) is 0 Å². The molecule has 5 heteroatoms. The van der Waals surface area contributed by atoms with Crippen LogP contribution in [0.5, 0.6) is 0 Å². The van der Waals surface area contributed by atoms with Crippen molar-refractivity contribution in [1.29, 1.82) is 0 Å². The summed E-state index contributed by atoms with van der Waals surface area (Å²) in [4.78, 5) is 17.6. The van der Waals surface area contributed by atoms with Crippen molar-refractivity contribution in [1.82, 2.24) is 0 Å². The zero-order valence-corrected chi connectivity index (χ0v) is 11.2. The molecule has 1 amide bonds. The summed E-state index contributed by atoms with van der Waals surface area (Å²) in [5.74, 6) is -0.492. The second-order valence-electron chi connectivity index (χ2n) is 4.36. The van der Waals surface area contributed by atoms with Gasteiger partial charge in [0, 0.05) is 22.5 Å². The number of hydrogen-bond donors (Lipinski definition) is 1. The van der Waals surface area contributed by atoms with Crippen LogP contribution in [0.3, 0.4) is 0 Å². The van der Waals surface area contributed by atoms with E-state index in [9.17, 15) is 9.90 Å². The van der Waals surface area contributed by atoms with Gasteiger partial charge in [0.1, 0.15) is 0 Å². The SMILES string of the molecule is O=C1[C@H](O)N=Cc2cc(Cl)ccc2N1c1ccccc1. The maximum Gasteiger partial charge on any atom is 0.283 e. The first-order valence-corrected chi connectivity index (χ1v) is 6.44. The van der Waals surface area contributed by atoms with E-state index in [1.807, 2.05) is 18.2 Å².